The molecule has 1 saturated heterocycles. The maximum absolute atomic E-state index is 13.4. The van der Waals surface area contributed by atoms with E-state index in [1.54, 1.807) is 24.3 Å². The van der Waals surface area contributed by atoms with E-state index >= 15 is 0 Å². The normalized spacial score (nSPS) is 20.9. The summed E-state index contributed by atoms with van der Waals surface area (Å²) < 4.78 is 0. The largest absolute Gasteiger partial charge is 0.392 e. The number of hydrogen-bond acceptors (Lipinski definition) is 5. The van der Waals surface area contributed by atoms with Crippen LogP contribution in [0.3, 0.4) is 0 Å². The number of aromatic nitrogens is 1. The molecular weight excluding hydrogens is 548 g/mol. The van der Waals surface area contributed by atoms with Crippen molar-refractivity contribution in [2.45, 2.75) is 50.8 Å². The Balaban J connectivity index is 1.11. The van der Waals surface area contributed by atoms with Gasteiger partial charge in [-0.1, -0.05) is 60.8 Å². The van der Waals surface area contributed by atoms with Gasteiger partial charge in [0.15, 0.2) is 0 Å². The quantitative estimate of drug-likeness (QED) is 0.231. The van der Waals surface area contributed by atoms with Crippen LogP contribution in [0.15, 0.2) is 78.9 Å². The molecule has 4 aromatic rings. The number of carbonyl (C=O) groups excluding carboxylic acids is 2. The first kappa shape index (κ1) is 28.3. The summed E-state index contributed by atoms with van der Waals surface area (Å²) in [5.74, 6) is -0.569. The Hall–Kier alpha value is -3.78. The first-order chi connectivity index (χ1) is 20.4. The van der Waals surface area contributed by atoms with Crippen molar-refractivity contribution in [3.8, 4) is 11.1 Å². The molecule has 1 aliphatic heterocycles. The lowest BCUT2D eigenvalue weighted by atomic mass is 9.83. The van der Waals surface area contributed by atoms with E-state index in [2.05, 4.69) is 32.7 Å². The second-order valence-corrected chi connectivity index (χ2v) is 11.8. The average molecular weight is 583 g/mol. The van der Waals surface area contributed by atoms with Crippen LogP contribution in [-0.4, -0.2) is 52.0 Å². The molecule has 3 aromatic carbocycles. The molecule has 3 N–H and O–H groups in total. The number of halogens is 1. The monoisotopic (exact) mass is 582 g/mol. The van der Waals surface area contributed by atoms with Gasteiger partial charge >= 0.3 is 0 Å². The number of nitrogens with one attached hydrogen (secondary N) is 2. The Morgan fingerprint density at radius 1 is 0.952 bits per heavy atom. The fourth-order valence-electron chi connectivity index (χ4n) is 6.22. The van der Waals surface area contributed by atoms with Crippen LogP contribution in [0, 0.1) is 5.92 Å². The predicted molar refractivity (Wildman–Crippen MR) is 166 cm³/mol. The Morgan fingerprint density at radius 2 is 1.76 bits per heavy atom. The maximum Gasteiger partial charge on any atom is 0.251 e. The summed E-state index contributed by atoms with van der Waals surface area (Å²) in [7, 11) is 0. The molecular formula is C34H35ClN4O3. The molecule has 216 valence electrons. The van der Waals surface area contributed by atoms with Crippen molar-refractivity contribution in [3.63, 3.8) is 0 Å². The van der Waals surface area contributed by atoms with Crippen molar-refractivity contribution in [2.24, 2.45) is 5.92 Å². The van der Waals surface area contributed by atoms with Gasteiger partial charge in [0.1, 0.15) is 5.15 Å². The summed E-state index contributed by atoms with van der Waals surface area (Å²) in [4.78, 5) is 33.2. The fraction of sp³-hybridized carbons (Fsp3) is 0.324. The van der Waals surface area contributed by atoms with E-state index in [0.29, 0.717) is 17.3 Å². The fourth-order valence-corrected chi connectivity index (χ4v) is 6.37. The highest BCUT2D eigenvalue weighted by molar-refractivity contribution is 6.29. The number of aliphatic hydroxyl groups excluding tert-OH is 1. The lowest BCUT2D eigenvalue weighted by Gasteiger charge is -2.31. The molecule has 2 heterocycles. The zero-order valence-corrected chi connectivity index (χ0v) is 24.2. The number of nitrogens with zero attached hydrogens (tertiary/aromatic N) is 2. The highest BCUT2D eigenvalue weighted by Crippen LogP contribution is 2.29. The van der Waals surface area contributed by atoms with Gasteiger partial charge in [0.25, 0.3) is 5.91 Å². The third kappa shape index (κ3) is 6.49. The highest BCUT2D eigenvalue weighted by Gasteiger charge is 2.32. The molecule has 7 nitrogen and oxygen atoms in total. The number of anilines is 1. The number of aliphatic hydroxyl groups is 1. The molecule has 2 amide bonds. The smallest absolute Gasteiger partial charge is 0.251 e. The Labute approximate surface area is 250 Å². The number of carbonyl (C=O) groups is 2. The lowest BCUT2D eigenvalue weighted by Crippen LogP contribution is -2.46. The van der Waals surface area contributed by atoms with Gasteiger partial charge in [0.2, 0.25) is 5.91 Å². The third-order valence-corrected chi connectivity index (χ3v) is 8.67. The number of amides is 2. The Bertz CT molecular complexity index is 1590. The van der Waals surface area contributed by atoms with E-state index in [4.69, 9.17) is 11.6 Å². The molecule has 6 rings (SSSR count). The third-order valence-electron chi connectivity index (χ3n) is 8.46. The van der Waals surface area contributed by atoms with E-state index in [1.807, 2.05) is 42.5 Å². The summed E-state index contributed by atoms with van der Waals surface area (Å²) in [6, 6.07) is 25.0. The molecule has 2 fully saturated rings. The Kier molecular flexibility index (Phi) is 8.51. The van der Waals surface area contributed by atoms with Gasteiger partial charge in [-0.25, -0.2) is 4.98 Å². The van der Waals surface area contributed by atoms with Crippen molar-refractivity contribution in [1.29, 1.82) is 0 Å². The molecule has 1 aliphatic carbocycles. The lowest BCUT2D eigenvalue weighted by molar-refractivity contribution is -0.121. The topological polar surface area (TPSA) is 94.6 Å². The van der Waals surface area contributed by atoms with Gasteiger partial charge in [0.05, 0.1) is 17.5 Å². The first-order valence-corrected chi connectivity index (χ1v) is 15.1. The first-order valence-electron chi connectivity index (χ1n) is 14.7. The van der Waals surface area contributed by atoms with Crippen molar-refractivity contribution >= 4 is 40.0 Å². The molecule has 1 aromatic heterocycles. The van der Waals surface area contributed by atoms with Crippen LogP contribution in [0.25, 0.3) is 22.0 Å². The minimum Gasteiger partial charge on any atom is -0.392 e. The molecule has 42 heavy (non-hydrogen) atoms. The van der Waals surface area contributed by atoms with Crippen LogP contribution >= 0.6 is 11.6 Å². The number of hydrogen-bond donors (Lipinski definition) is 3. The van der Waals surface area contributed by atoms with Crippen LogP contribution in [0.1, 0.15) is 48.0 Å². The molecule has 3 atom stereocenters. The van der Waals surface area contributed by atoms with Crippen LogP contribution in [0.4, 0.5) is 5.69 Å². The average Bonchev–Trinajstić information content (AvgIpc) is 3.42. The summed E-state index contributed by atoms with van der Waals surface area (Å²) in [6.45, 7) is 2.40. The standard InChI is InChI=1S/C34H35ClN4O3/c35-32-16-12-23-19-24(11-15-30(23)37-32)33(41)38-31-8-4-3-7-29(31)34(42)36-26-13-9-22(10-14-26)28-6-2-1-5-25(28)20-39-18-17-27(40)21-39/h1-2,5-6,9-16,19,27,29,31,40H,3-4,7-8,17-18,20-21H2,(H,36,42)(H,38,41)/t27?,29-,31+/m0/s1. The van der Waals surface area contributed by atoms with Gasteiger partial charge in [-0.15, -0.1) is 0 Å². The molecule has 0 bridgehead atoms. The number of benzene rings is 3. The van der Waals surface area contributed by atoms with Gasteiger partial charge in [-0.3, -0.25) is 14.5 Å². The van der Waals surface area contributed by atoms with Gasteiger partial charge < -0.3 is 15.7 Å². The molecule has 0 spiro atoms. The van der Waals surface area contributed by atoms with Crippen LogP contribution in [0.2, 0.25) is 5.15 Å². The van der Waals surface area contributed by atoms with Crippen molar-refractivity contribution in [3.05, 3.63) is 95.1 Å². The number of pyridine rings is 1. The van der Waals surface area contributed by atoms with Gasteiger partial charge in [-0.05, 0) is 78.4 Å². The summed E-state index contributed by atoms with van der Waals surface area (Å²) in [5, 5.41) is 17.4. The SMILES string of the molecule is O=C(N[C@@H]1CCCC[C@@H]1C(=O)Nc1ccc(-c2ccccc2CN2CCC(O)C2)cc1)c1ccc2nc(Cl)ccc2c1. The minimum atomic E-state index is -0.306. The van der Waals surface area contributed by atoms with Gasteiger partial charge in [0, 0.05) is 42.3 Å². The maximum atomic E-state index is 13.4. The van der Waals surface area contributed by atoms with E-state index in [1.165, 1.54) is 5.56 Å². The van der Waals surface area contributed by atoms with Crippen LogP contribution < -0.4 is 10.6 Å². The summed E-state index contributed by atoms with van der Waals surface area (Å²) >= 11 is 5.99. The number of fused-ring (bicyclic) bond motifs is 1. The van der Waals surface area contributed by atoms with E-state index in [-0.39, 0.29) is 29.9 Å². The van der Waals surface area contributed by atoms with Crippen LogP contribution in [0.5, 0.6) is 0 Å². The zero-order chi connectivity index (χ0) is 29.1. The molecule has 0 radical (unpaired) electrons. The minimum absolute atomic E-state index is 0.0712. The Morgan fingerprint density at radius 3 is 2.57 bits per heavy atom. The van der Waals surface area contributed by atoms with Gasteiger partial charge in [-0.2, -0.15) is 0 Å². The second kappa shape index (κ2) is 12.6. The van der Waals surface area contributed by atoms with Crippen LogP contribution in [-0.2, 0) is 11.3 Å². The molecule has 1 saturated carbocycles. The van der Waals surface area contributed by atoms with Crippen molar-refractivity contribution < 1.29 is 14.7 Å². The van der Waals surface area contributed by atoms with E-state index in [0.717, 1.165) is 72.9 Å². The van der Waals surface area contributed by atoms with E-state index in [9.17, 15) is 14.7 Å². The van der Waals surface area contributed by atoms with E-state index < -0.39 is 0 Å². The van der Waals surface area contributed by atoms with Crippen molar-refractivity contribution in [1.82, 2.24) is 15.2 Å². The molecule has 2 aliphatic rings. The summed E-state index contributed by atoms with van der Waals surface area (Å²) in [6.07, 6.45) is 3.99. The molecule has 8 heteroatoms. The second-order valence-electron chi connectivity index (χ2n) is 11.4. The number of likely N-dealkylation sites (tertiary alicyclic amines) is 1. The number of β-amino-alcohol motifs (C(OH)–C–C–N with tert-alkyl or cyclic N) is 1. The highest BCUT2D eigenvalue weighted by atomic mass is 35.5. The molecule has 1 unspecified atom stereocenters. The summed E-state index contributed by atoms with van der Waals surface area (Å²) in [5.41, 5.74) is 5.46. The predicted octanol–water partition coefficient (Wildman–Crippen LogP) is 6.05. The van der Waals surface area contributed by atoms with Crippen molar-refractivity contribution in [2.75, 3.05) is 18.4 Å². The number of rotatable bonds is 7. The zero-order valence-electron chi connectivity index (χ0n) is 23.4.